The second kappa shape index (κ2) is 6.85. The van der Waals surface area contributed by atoms with Gasteiger partial charge in [-0.05, 0) is 0 Å². The zero-order chi connectivity index (χ0) is 10.3. The molecular formula is C7H11NO3S2. The van der Waals surface area contributed by atoms with E-state index in [1.807, 2.05) is 0 Å². The van der Waals surface area contributed by atoms with Crippen LogP contribution in [-0.2, 0) is 9.59 Å². The van der Waals surface area contributed by atoms with Crippen molar-refractivity contribution in [3.05, 3.63) is 12.7 Å². The minimum atomic E-state index is -1.04. The van der Waals surface area contributed by atoms with Crippen molar-refractivity contribution in [1.29, 1.82) is 0 Å². The Kier molecular flexibility index (Phi) is 6.52. The summed E-state index contributed by atoms with van der Waals surface area (Å²) >= 11 is 0. The van der Waals surface area contributed by atoms with E-state index in [1.165, 1.54) is 17.7 Å². The molecule has 0 aromatic carbocycles. The molecule has 0 spiro atoms. The number of carbonyl (C=O) groups is 2. The van der Waals surface area contributed by atoms with Crippen molar-refractivity contribution in [2.75, 3.05) is 5.75 Å². The Morgan fingerprint density at radius 1 is 1.69 bits per heavy atom. The van der Waals surface area contributed by atoms with Crippen molar-refractivity contribution >= 4 is 33.5 Å². The zero-order valence-electron chi connectivity index (χ0n) is 7.15. The summed E-state index contributed by atoms with van der Waals surface area (Å²) in [5.74, 6) is -0.746. The van der Waals surface area contributed by atoms with E-state index in [-0.39, 0.29) is 5.91 Å². The average Bonchev–Trinajstić information content (AvgIpc) is 2.02. The van der Waals surface area contributed by atoms with Crippen LogP contribution >= 0.6 is 21.6 Å². The van der Waals surface area contributed by atoms with Crippen LogP contribution in [-0.4, -0.2) is 28.1 Å². The predicted octanol–water partition coefficient (Wildman–Crippen LogP) is 1.10. The van der Waals surface area contributed by atoms with Crippen molar-refractivity contribution in [3.63, 3.8) is 0 Å². The van der Waals surface area contributed by atoms with E-state index in [0.29, 0.717) is 5.75 Å². The Morgan fingerprint density at radius 3 is 2.69 bits per heavy atom. The second-order valence-electron chi connectivity index (χ2n) is 2.09. The summed E-state index contributed by atoms with van der Waals surface area (Å²) in [7, 11) is 2.43. The largest absolute Gasteiger partial charge is 0.479 e. The van der Waals surface area contributed by atoms with Crippen molar-refractivity contribution in [2.24, 2.45) is 0 Å². The van der Waals surface area contributed by atoms with Crippen molar-refractivity contribution in [3.8, 4) is 0 Å². The van der Waals surface area contributed by atoms with Crippen LogP contribution in [0, 0.1) is 0 Å². The van der Waals surface area contributed by atoms with Gasteiger partial charge in [0.1, 0.15) is 0 Å². The summed E-state index contributed by atoms with van der Waals surface area (Å²) in [6.07, 6.45) is 1.67. The van der Waals surface area contributed by atoms with Gasteiger partial charge >= 0.3 is 5.97 Å². The first kappa shape index (κ1) is 12.4. The van der Waals surface area contributed by atoms with Crippen LogP contribution < -0.4 is 5.32 Å². The minimum absolute atomic E-state index is 0.348. The van der Waals surface area contributed by atoms with Crippen LogP contribution in [0.15, 0.2) is 12.7 Å². The fraction of sp³-hybridized carbons (Fsp3) is 0.429. The molecule has 0 saturated carbocycles. The average molecular weight is 221 g/mol. The third-order valence-electron chi connectivity index (χ3n) is 0.909. The molecule has 4 nitrogen and oxygen atoms in total. The minimum Gasteiger partial charge on any atom is -0.479 e. The lowest BCUT2D eigenvalue weighted by Crippen LogP contribution is -2.36. The van der Waals surface area contributed by atoms with Gasteiger partial charge in [0.25, 0.3) is 0 Å². The van der Waals surface area contributed by atoms with Gasteiger partial charge in [-0.15, -0.1) is 6.58 Å². The number of rotatable bonds is 6. The molecule has 1 atom stereocenters. The van der Waals surface area contributed by atoms with E-state index >= 15 is 0 Å². The van der Waals surface area contributed by atoms with Gasteiger partial charge in [0, 0.05) is 12.7 Å². The van der Waals surface area contributed by atoms with Crippen LogP contribution in [0.3, 0.4) is 0 Å². The van der Waals surface area contributed by atoms with E-state index in [4.69, 9.17) is 5.11 Å². The highest BCUT2D eigenvalue weighted by Crippen LogP contribution is 2.25. The molecule has 0 bridgehead atoms. The van der Waals surface area contributed by atoms with Gasteiger partial charge in [0.15, 0.2) is 5.37 Å². The topological polar surface area (TPSA) is 66.4 Å². The lowest BCUT2D eigenvalue weighted by molar-refractivity contribution is -0.138. The maximum absolute atomic E-state index is 10.6. The molecule has 0 heterocycles. The summed E-state index contributed by atoms with van der Waals surface area (Å²) in [6.45, 7) is 4.78. The molecule has 0 rings (SSSR count). The number of nitrogens with one attached hydrogen (secondary N) is 1. The first-order valence-corrected chi connectivity index (χ1v) is 5.85. The molecule has 1 amide bonds. The van der Waals surface area contributed by atoms with Gasteiger partial charge in [0.2, 0.25) is 5.91 Å². The second-order valence-corrected chi connectivity index (χ2v) is 4.61. The number of carbonyl (C=O) groups excluding carboxylic acids is 1. The van der Waals surface area contributed by atoms with E-state index in [0.717, 1.165) is 10.8 Å². The fourth-order valence-corrected chi connectivity index (χ4v) is 2.40. The van der Waals surface area contributed by atoms with Gasteiger partial charge < -0.3 is 10.4 Å². The number of hydrogen-bond acceptors (Lipinski definition) is 4. The predicted molar refractivity (Wildman–Crippen MR) is 55.5 cm³/mol. The molecule has 0 aromatic rings. The normalized spacial score (nSPS) is 11.8. The van der Waals surface area contributed by atoms with Gasteiger partial charge in [0.05, 0.1) is 0 Å². The number of carboxylic acids is 1. The van der Waals surface area contributed by atoms with Crippen LogP contribution in [0.1, 0.15) is 6.92 Å². The van der Waals surface area contributed by atoms with Gasteiger partial charge in [-0.1, -0.05) is 27.7 Å². The smallest absolute Gasteiger partial charge is 0.337 e. The molecule has 0 aliphatic heterocycles. The third kappa shape index (κ3) is 6.53. The first-order chi connectivity index (χ1) is 6.07. The monoisotopic (exact) mass is 221 g/mol. The Labute approximate surface area is 84.6 Å². The lowest BCUT2D eigenvalue weighted by Gasteiger charge is -2.10. The van der Waals surface area contributed by atoms with Crippen LogP contribution in [0.2, 0.25) is 0 Å². The quantitative estimate of drug-likeness (QED) is 0.304. The number of hydrogen-bond donors (Lipinski definition) is 2. The Bertz CT molecular complexity index is 208. The first-order valence-electron chi connectivity index (χ1n) is 3.47. The van der Waals surface area contributed by atoms with Crippen molar-refractivity contribution in [1.82, 2.24) is 5.32 Å². The Morgan fingerprint density at radius 2 is 2.31 bits per heavy atom. The van der Waals surface area contributed by atoms with E-state index in [1.54, 1.807) is 6.08 Å². The Hall–Kier alpha value is -0.620. The summed E-state index contributed by atoms with van der Waals surface area (Å²) < 4.78 is 0. The summed E-state index contributed by atoms with van der Waals surface area (Å²) in [6, 6.07) is 0. The summed E-state index contributed by atoms with van der Waals surface area (Å²) in [4.78, 5) is 21.1. The van der Waals surface area contributed by atoms with Gasteiger partial charge in [-0.3, -0.25) is 4.79 Å². The van der Waals surface area contributed by atoms with Crippen LogP contribution in [0.4, 0.5) is 0 Å². The van der Waals surface area contributed by atoms with Gasteiger partial charge in [-0.25, -0.2) is 4.79 Å². The Balaban J connectivity index is 3.87. The van der Waals surface area contributed by atoms with Crippen molar-refractivity contribution < 1.29 is 14.7 Å². The SMILES string of the molecule is C=CCSSC(NC(C)=O)C(=O)O. The molecule has 74 valence electrons. The van der Waals surface area contributed by atoms with Crippen molar-refractivity contribution in [2.45, 2.75) is 12.3 Å². The molecule has 0 fully saturated rings. The molecule has 13 heavy (non-hydrogen) atoms. The maximum atomic E-state index is 10.6. The molecule has 0 aromatic heterocycles. The standard InChI is InChI=1S/C7H11NO3S2/c1-3-4-12-13-6(7(10)11)8-5(2)9/h3,6H,1,4H2,2H3,(H,8,9)(H,10,11). The zero-order valence-corrected chi connectivity index (χ0v) is 8.78. The highest BCUT2D eigenvalue weighted by Gasteiger charge is 2.18. The molecule has 0 aliphatic carbocycles. The number of carboxylic acid groups (broad SMARTS) is 1. The number of aliphatic carboxylic acids is 1. The van der Waals surface area contributed by atoms with E-state index in [9.17, 15) is 9.59 Å². The van der Waals surface area contributed by atoms with E-state index in [2.05, 4.69) is 11.9 Å². The summed E-state index contributed by atoms with van der Waals surface area (Å²) in [5, 5.41) is 10.1. The van der Waals surface area contributed by atoms with Crippen LogP contribution in [0.5, 0.6) is 0 Å². The molecule has 0 saturated heterocycles. The molecule has 0 radical (unpaired) electrons. The highest BCUT2D eigenvalue weighted by molar-refractivity contribution is 8.77. The molecule has 1 unspecified atom stereocenters. The van der Waals surface area contributed by atoms with E-state index < -0.39 is 11.3 Å². The fourth-order valence-electron chi connectivity index (χ4n) is 0.467. The van der Waals surface area contributed by atoms with Crippen LogP contribution in [0.25, 0.3) is 0 Å². The highest BCUT2D eigenvalue weighted by atomic mass is 33.1. The number of amides is 1. The summed E-state index contributed by atoms with van der Waals surface area (Å²) in [5.41, 5.74) is 0. The molecule has 0 aliphatic rings. The third-order valence-corrected chi connectivity index (χ3v) is 3.32. The molecule has 2 N–H and O–H groups in total. The lowest BCUT2D eigenvalue weighted by atomic mass is 10.6. The van der Waals surface area contributed by atoms with Gasteiger partial charge in [-0.2, -0.15) is 0 Å². The molecular weight excluding hydrogens is 210 g/mol. The molecule has 6 heteroatoms. The maximum Gasteiger partial charge on any atom is 0.337 e.